The van der Waals surface area contributed by atoms with Crippen molar-refractivity contribution in [1.82, 2.24) is 10.6 Å². The molecule has 0 aliphatic heterocycles. The van der Waals surface area contributed by atoms with E-state index in [0.29, 0.717) is 17.7 Å². The van der Waals surface area contributed by atoms with Gasteiger partial charge >= 0.3 is 0 Å². The molecule has 6 heteroatoms. The highest BCUT2D eigenvalue weighted by molar-refractivity contribution is 5.94. The summed E-state index contributed by atoms with van der Waals surface area (Å²) in [5.74, 6) is 0.632. The molecule has 6 nitrogen and oxygen atoms in total. The van der Waals surface area contributed by atoms with Gasteiger partial charge in [-0.15, -0.1) is 0 Å². The van der Waals surface area contributed by atoms with Crippen molar-refractivity contribution in [3.8, 4) is 5.75 Å². The van der Waals surface area contributed by atoms with Crippen LogP contribution in [-0.4, -0.2) is 36.1 Å². The zero-order chi connectivity index (χ0) is 18.5. The van der Waals surface area contributed by atoms with E-state index < -0.39 is 0 Å². The van der Waals surface area contributed by atoms with Crippen LogP contribution in [0.3, 0.4) is 0 Å². The number of carbonyl (C=O) groups is 1. The molecule has 0 radical (unpaired) electrons. The number of hydrogen-bond acceptors (Lipinski definition) is 3. The van der Waals surface area contributed by atoms with Crippen LogP contribution in [0.2, 0.25) is 0 Å². The summed E-state index contributed by atoms with van der Waals surface area (Å²) in [6.45, 7) is 7.13. The highest BCUT2D eigenvalue weighted by atomic mass is 16.3. The van der Waals surface area contributed by atoms with Crippen LogP contribution in [0.15, 0.2) is 29.3 Å². The van der Waals surface area contributed by atoms with Gasteiger partial charge in [0.2, 0.25) is 5.91 Å². The number of carbonyl (C=O) groups excluding carboxylic acids is 1. The van der Waals surface area contributed by atoms with Gasteiger partial charge in [0.25, 0.3) is 0 Å². The number of nitrogens with one attached hydrogen (secondary N) is 3. The first-order chi connectivity index (χ1) is 12.0. The number of unbranched alkanes of at least 4 members (excludes halogenated alkanes) is 3. The molecule has 0 saturated carbocycles. The van der Waals surface area contributed by atoms with Crippen molar-refractivity contribution < 1.29 is 9.90 Å². The van der Waals surface area contributed by atoms with Crippen LogP contribution in [0.1, 0.15) is 52.9 Å². The molecule has 1 aromatic rings. The molecule has 0 saturated heterocycles. The first kappa shape index (κ1) is 20.8. The van der Waals surface area contributed by atoms with Gasteiger partial charge in [-0.25, -0.2) is 4.99 Å². The van der Waals surface area contributed by atoms with Crippen LogP contribution in [0.4, 0.5) is 5.69 Å². The molecule has 0 bridgehead atoms. The van der Waals surface area contributed by atoms with Gasteiger partial charge in [-0.05, 0) is 44.5 Å². The Bertz CT molecular complexity index is 529. The number of benzene rings is 1. The van der Waals surface area contributed by atoms with Gasteiger partial charge in [-0.3, -0.25) is 4.79 Å². The summed E-state index contributed by atoms with van der Waals surface area (Å²) >= 11 is 0. The maximum Gasteiger partial charge on any atom is 0.246 e. The Hall–Kier alpha value is -2.24. The number of amides is 1. The molecule has 140 valence electrons. The fourth-order valence-electron chi connectivity index (χ4n) is 2.40. The van der Waals surface area contributed by atoms with Gasteiger partial charge in [-0.2, -0.15) is 0 Å². The zero-order valence-corrected chi connectivity index (χ0v) is 15.6. The van der Waals surface area contributed by atoms with Crippen LogP contribution >= 0.6 is 0 Å². The molecule has 1 atom stereocenters. The Balaban J connectivity index is 2.44. The Morgan fingerprint density at radius 3 is 2.52 bits per heavy atom. The van der Waals surface area contributed by atoms with E-state index in [1.165, 1.54) is 37.8 Å². The molecule has 0 heterocycles. The second-order valence-electron chi connectivity index (χ2n) is 6.18. The summed E-state index contributed by atoms with van der Waals surface area (Å²) in [6.07, 6.45) is 6.05. The number of rotatable bonds is 10. The van der Waals surface area contributed by atoms with Crippen LogP contribution in [0.5, 0.6) is 5.75 Å². The minimum atomic E-state index is -0.196. The molecule has 0 aliphatic rings. The van der Waals surface area contributed by atoms with Crippen molar-refractivity contribution >= 4 is 17.6 Å². The SMILES string of the molecule is CCCCCCC(C)NC(=NCC(=O)Nc1ccc(O)cc1)NCC. The number of hydrogen-bond donors (Lipinski definition) is 4. The van der Waals surface area contributed by atoms with Gasteiger partial charge in [0.05, 0.1) is 0 Å². The molecular formula is C19H32N4O2. The van der Waals surface area contributed by atoms with Crippen molar-refractivity contribution in [2.45, 2.75) is 58.9 Å². The predicted octanol–water partition coefficient (Wildman–Crippen LogP) is 3.24. The average Bonchev–Trinajstić information content (AvgIpc) is 2.59. The standard InChI is InChI=1S/C19H32N4O2/c1-4-6-7-8-9-15(3)22-19(20-5-2)21-14-18(25)23-16-10-12-17(24)13-11-16/h10-13,15,24H,4-9,14H2,1-3H3,(H,23,25)(H2,20,21,22). The summed E-state index contributed by atoms with van der Waals surface area (Å²) < 4.78 is 0. The van der Waals surface area contributed by atoms with Crippen LogP contribution in [-0.2, 0) is 4.79 Å². The smallest absolute Gasteiger partial charge is 0.246 e. The van der Waals surface area contributed by atoms with Crippen molar-refractivity contribution in [2.24, 2.45) is 4.99 Å². The highest BCUT2D eigenvalue weighted by Crippen LogP contribution is 2.13. The normalized spacial score (nSPS) is 12.5. The van der Waals surface area contributed by atoms with Crippen LogP contribution in [0.25, 0.3) is 0 Å². The van der Waals surface area contributed by atoms with E-state index >= 15 is 0 Å². The minimum Gasteiger partial charge on any atom is -0.508 e. The van der Waals surface area contributed by atoms with Gasteiger partial charge < -0.3 is 21.1 Å². The molecule has 0 aromatic heterocycles. The lowest BCUT2D eigenvalue weighted by molar-refractivity contribution is -0.114. The largest absolute Gasteiger partial charge is 0.508 e. The Labute approximate surface area is 151 Å². The van der Waals surface area contributed by atoms with Crippen LogP contribution in [0, 0.1) is 0 Å². The zero-order valence-electron chi connectivity index (χ0n) is 15.6. The van der Waals surface area contributed by atoms with Gasteiger partial charge in [-0.1, -0.05) is 32.6 Å². The first-order valence-corrected chi connectivity index (χ1v) is 9.18. The lowest BCUT2D eigenvalue weighted by atomic mass is 10.1. The van der Waals surface area contributed by atoms with E-state index in [9.17, 15) is 9.90 Å². The molecule has 1 unspecified atom stereocenters. The number of phenols is 1. The molecule has 4 N–H and O–H groups in total. The lowest BCUT2D eigenvalue weighted by Crippen LogP contribution is -2.42. The van der Waals surface area contributed by atoms with Crippen molar-refractivity contribution in [1.29, 1.82) is 0 Å². The number of aliphatic imine (C=N–C) groups is 1. The summed E-state index contributed by atoms with van der Waals surface area (Å²) in [7, 11) is 0. The van der Waals surface area contributed by atoms with Gasteiger partial charge in [0.15, 0.2) is 5.96 Å². The van der Waals surface area contributed by atoms with E-state index in [2.05, 4.69) is 34.8 Å². The molecule has 0 aliphatic carbocycles. The molecule has 1 rings (SSSR count). The van der Waals surface area contributed by atoms with Gasteiger partial charge in [0.1, 0.15) is 12.3 Å². The van der Waals surface area contributed by atoms with Gasteiger partial charge in [0, 0.05) is 18.3 Å². The molecule has 25 heavy (non-hydrogen) atoms. The monoisotopic (exact) mass is 348 g/mol. The summed E-state index contributed by atoms with van der Waals surface area (Å²) in [6, 6.07) is 6.68. The fraction of sp³-hybridized carbons (Fsp3) is 0.579. The molecule has 1 aromatic carbocycles. The Morgan fingerprint density at radius 1 is 1.16 bits per heavy atom. The maximum absolute atomic E-state index is 12.0. The number of phenolic OH excluding ortho intramolecular Hbond substituents is 1. The lowest BCUT2D eigenvalue weighted by Gasteiger charge is -2.17. The third-order valence-electron chi connectivity index (χ3n) is 3.75. The number of anilines is 1. The summed E-state index contributed by atoms with van der Waals surface area (Å²) in [4.78, 5) is 16.3. The second-order valence-corrected chi connectivity index (χ2v) is 6.18. The van der Waals surface area contributed by atoms with Crippen LogP contribution < -0.4 is 16.0 Å². The minimum absolute atomic E-state index is 0.0404. The predicted molar refractivity (Wildman–Crippen MR) is 104 cm³/mol. The second kappa shape index (κ2) is 12.2. The Morgan fingerprint density at radius 2 is 1.88 bits per heavy atom. The van der Waals surface area contributed by atoms with Crippen molar-refractivity contribution in [3.63, 3.8) is 0 Å². The van der Waals surface area contributed by atoms with E-state index in [4.69, 9.17) is 0 Å². The van der Waals surface area contributed by atoms with Crippen molar-refractivity contribution in [2.75, 3.05) is 18.4 Å². The third-order valence-corrected chi connectivity index (χ3v) is 3.75. The van der Waals surface area contributed by atoms with E-state index in [0.717, 1.165) is 13.0 Å². The first-order valence-electron chi connectivity index (χ1n) is 9.18. The summed E-state index contributed by atoms with van der Waals surface area (Å²) in [5.41, 5.74) is 0.639. The summed E-state index contributed by atoms with van der Waals surface area (Å²) in [5, 5.41) is 18.5. The van der Waals surface area contributed by atoms with Crippen molar-refractivity contribution in [3.05, 3.63) is 24.3 Å². The Kier molecular flexibility index (Phi) is 10.1. The molecular weight excluding hydrogens is 316 g/mol. The molecule has 0 spiro atoms. The van der Waals surface area contributed by atoms with E-state index in [-0.39, 0.29) is 18.2 Å². The average molecular weight is 348 g/mol. The third kappa shape index (κ3) is 9.59. The highest BCUT2D eigenvalue weighted by Gasteiger charge is 2.07. The topological polar surface area (TPSA) is 85.8 Å². The maximum atomic E-state index is 12.0. The van der Waals surface area contributed by atoms with E-state index in [1.807, 2.05) is 6.92 Å². The fourth-order valence-corrected chi connectivity index (χ4v) is 2.40. The molecule has 0 fully saturated rings. The quantitative estimate of drug-likeness (QED) is 0.226. The molecule has 1 amide bonds. The van der Waals surface area contributed by atoms with E-state index in [1.54, 1.807) is 12.1 Å². The number of guanidine groups is 1. The number of nitrogens with zero attached hydrogens (tertiary/aromatic N) is 1. The number of aromatic hydroxyl groups is 1.